The van der Waals surface area contributed by atoms with Crippen molar-refractivity contribution in [1.29, 1.82) is 0 Å². The second kappa shape index (κ2) is 15.3. The Morgan fingerprint density at radius 3 is 2.12 bits per heavy atom. The fourth-order valence-corrected chi connectivity index (χ4v) is 7.14. The Morgan fingerprint density at radius 1 is 1.07 bits per heavy atom. The van der Waals surface area contributed by atoms with Gasteiger partial charge >= 0.3 is 6.09 Å². The van der Waals surface area contributed by atoms with Crippen molar-refractivity contribution in [1.82, 2.24) is 14.6 Å². The van der Waals surface area contributed by atoms with Crippen molar-refractivity contribution in [2.24, 2.45) is 0 Å². The normalized spacial score (nSPS) is 15.6. The van der Waals surface area contributed by atoms with E-state index in [-0.39, 0.29) is 35.9 Å². The summed E-state index contributed by atoms with van der Waals surface area (Å²) in [6, 6.07) is -0.505. The minimum atomic E-state index is -2.18. The molecule has 42 heavy (non-hydrogen) atoms. The molecular weight excluding hydrogens is 603 g/mol. The van der Waals surface area contributed by atoms with Crippen molar-refractivity contribution in [2.75, 3.05) is 26.3 Å². The van der Waals surface area contributed by atoms with Gasteiger partial charge in [-0.05, 0) is 57.0 Å². The number of ether oxygens (including phenoxy) is 1. The number of hydrogen-bond acceptors (Lipinski definition) is 8. The van der Waals surface area contributed by atoms with E-state index >= 15 is 0 Å². The first-order chi connectivity index (χ1) is 19.0. The van der Waals surface area contributed by atoms with Gasteiger partial charge in [-0.1, -0.05) is 60.3 Å². The molecule has 0 saturated heterocycles. The zero-order chi connectivity index (χ0) is 32.7. The molecule has 3 atom stereocenters. The molecule has 0 spiro atoms. The lowest BCUT2D eigenvalue weighted by Gasteiger charge is -2.41. The Hall–Kier alpha value is -0.996. The van der Waals surface area contributed by atoms with Gasteiger partial charge in [-0.2, -0.15) is 0 Å². The van der Waals surface area contributed by atoms with E-state index in [4.69, 9.17) is 18.6 Å². The Bertz CT molecular complexity index is 1030. The summed E-state index contributed by atoms with van der Waals surface area (Å²) >= 11 is 0.0543. The lowest BCUT2D eigenvalue weighted by molar-refractivity contribution is 0.105. The van der Waals surface area contributed by atoms with Gasteiger partial charge < -0.3 is 23.0 Å². The maximum atomic E-state index is 13.2. The molecule has 1 aromatic rings. The number of amides is 1. The standard InChI is InChI=1S/C30H57N3O5S2Si2/c1-16-18-33(27(34)36-19-17-2)20-23(32-40(35)28(3,4)5)26-31-24(22-39-26)25(38-42(14,15)30(9,10)11)21-37-41(12,13)29(6,7)8/h16-17,22-23,25,32H,1-2,18-21H2,3-15H3. The molecule has 0 aliphatic rings. The first-order valence-corrected chi connectivity index (χ1v) is 22.4. The summed E-state index contributed by atoms with van der Waals surface area (Å²) in [6.45, 7) is 36.4. The van der Waals surface area contributed by atoms with E-state index in [9.17, 15) is 9.35 Å². The van der Waals surface area contributed by atoms with E-state index < -0.39 is 44.9 Å². The molecule has 0 saturated carbocycles. The van der Waals surface area contributed by atoms with Crippen LogP contribution in [0.2, 0.25) is 36.3 Å². The quantitative estimate of drug-likeness (QED) is 0.115. The molecule has 8 nitrogen and oxygen atoms in total. The highest BCUT2D eigenvalue weighted by atomic mass is 32.2. The minimum Gasteiger partial charge on any atom is -0.598 e. The van der Waals surface area contributed by atoms with Gasteiger partial charge in [0.05, 0.1) is 18.8 Å². The molecule has 0 bridgehead atoms. The highest BCUT2D eigenvalue weighted by molar-refractivity contribution is 7.90. The third-order valence-electron chi connectivity index (χ3n) is 7.95. The van der Waals surface area contributed by atoms with Crippen molar-refractivity contribution in [3.63, 3.8) is 0 Å². The highest BCUT2D eigenvalue weighted by Gasteiger charge is 2.42. The molecule has 1 amide bonds. The monoisotopic (exact) mass is 659 g/mol. The number of hydrogen-bond donors (Lipinski definition) is 1. The topological polar surface area (TPSA) is 96.0 Å². The van der Waals surface area contributed by atoms with E-state index in [1.54, 1.807) is 6.08 Å². The Labute approximate surface area is 265 Å². The lowest BCUT2D eigenvalue weighted by atomic mass is 10.2. The predicted octanol–water partition coefficient (Wildman–Crippen LogP) is 8.13. The van der Waals surface area contributed by atoms with Crippen LogP contribution in [-0.4, -0.2) is 68.2 Å². The molecular formula is C30H57N3O5S2Si2. The predicted molar refractivity (Wildman–Crippen MR) is 183 cm³/mol. The van der Waals surface area contributed by atoms with Crippen LogP contribution < -0.4 is 4.72 Å². The molecule has 1 rings (SSSR count). The summed E-state index contributed by atoms with van der Waals surface area (Å²) in [6.07, 6.45) is 2.32. The number of rotatable bonds is 15. The zero-order valence-corrected chi connectivity index (χ0v) is 32.0. The molecule has 0 aliphatic carbocycles. The smallest absolute Gasteiger partial charge is 0.410 e. The van der Waals surface area contributed by atoms with Gasteiger partial charge in [-0.3, -0.25) is 0 Å². The second-order valence-corrected chi connectivity index (χ2v) is 27.1. The van der Waals surface area contributed by atoms with Gasteiger partial charge in [0.15, 0.2) is 16.6 Å². The molecule has 242 valence electrons. The summed E-state index contributed by atoms with van der Waals surface area (Å²) in [7, 11) is -4.23. The SMILES string of the molecule is C=CCOC(=O)N(CC=C)CC(N[S+]([O-])C(C)(C)C)c1nc(C(CO[Si](C)(C)C(C)(C)C)O[Si](C)(C)C(C)(C)C)cs1. The lowest BCUT2D eigenvalue weighted by Crippen LogP contribution is -2.46. The van der Waals surface area contributed by atoms with Crippen LogP contribution in [0.1, 0.15) is 85.2 Å². The van der Waals surface area contributed by atoms with Crippen molar-refractivity contribution in [3.05, 3.63) is 41.4 Å². The summed E-state index contributed by atoms with van der Waals surface area (Å²) in [5.74, 6) is 0. The largest absolute Gasteiger partial charge is 0.598 e. The second-order valence-electron chi connectivity index (χ2n) is 14.7. The average molecular weight is 660 g/mol. The number of carbonyl (C=O) groups excluding carboxylic acids is 1. The van der Waals surface area contributed by atoms with E-state index in [0.717, 1.165) is 5.69 Å². The molecule has 0 aliphatic heterocycles. The molecule has 3 unspecified atom stereocenters. The van der Waals surface area contributed by atoms with Crippen molar-refractivity contribution >= 4 is 45.4 Å². The van der Waals surface area contributed by atoms with E-state index in [1.807, 2.05) is 26.2 Å². The highest BCUT2D eigenvalue weighted by Crippen LogP contribution is 2.42. The van der Waals surface area contributed by atoms with Crippen LogP contribution in [0.3, 0.4) is 0 Å². The fraction of sp³-hybridized carbons (Fsp3) is 0.733. The van der Waals surface area contributed by atoms with Crippen LogP contribution in [0, 0.1) is 0 Å². The summed E-state index contributed by atoms with van der Waals surface area (Å²) < 4.78 is 34.9. The first kappa shape index (κ1) is 39.0. The Morgan fingerprint density at radius 2 is 1.64 bits per heavy atom. The number of aromatic nitrogens is 1. The van der Waals surface area contributed by atoms with Crippen LogP contribution in [-0.2, 0) is 25.0 Å². The number of nitrogens with one attached hydrogen (secondary N) is 1. The van der Waals surface area contributed by atoms with Gasteiger partial charge in [0.2, 0.25) is 0 Å². The number of thiazole rings is 1. The van der Waals surface area contributed by atoms with Crippen LogP contribution in [0.15, 0.2) is 30.7 Å². The van der Waals surface area contributed by atoms with Crippen LogP contribution >= 0.6 is 11.3 Å². The minimum absolute atomic E-state index is 0.00572. The van der Waals surface area contributed by atoms with E-state index in [0.29, 0.717) is 11.6 Å². The van der Waals surface area contributed by atoms with Crippen molar-refractivity contribution in [2.45, 2.75) is 115 Å². The van der Waals surface area contributed by atoms with Gasteiger partial charge in [0.25, 0.3) is 0 Å². The molecule has 1 heterocycles. The molecule has 1 N–H and O–H groups in total. The van der Waals surface area contributed by atoms with Gasteiger partial charge in [0, 0.05) is 23.3 Å². The molecule has 1 aromatic heterocycles. The van der Waals surface area contributed by atoms with Crippen molar-refractivity contribution in [3.8, 4) is 0 Å². The zero-order valence-electron chi connectivity index (χ0n) is 28.4. The van der Waals surface area contributed by atoms with Crippen molar-refractivity contribution < 1.29 is 22.9 Å². The Kier molecular flexibility index (Phi) is 14.2. The third-order valence-corrected chi connectivity index (χ3v) is 19.5. The first-order valence-electron chi connectivity index (χ1n) is 14.6. The van der Waals surface area contributed by atoms with E-state index in [2.05, 4.69) is 85.6 Å². The van der Waals surface area contributed by atoms with E-state index in [1.165, 1.54) is 22.3 Å². The Balaban J connectivity index is 3.51. The van der Waals surface area contributed by atoms with Gasteiger partial charge in [-0.25, -0.2) is 9.78 Å². The summed E-state index contributed by atoms with van der Waals surface area (Å²) in [5.41, 5.74) is 0.788. The molecule has 0 aromatic carbocycles. The van der Waals surface area contributed by atoms with Crippen LogP contribution in [0.4, 0.5) is 4.79 Å². The summed E-state index contributed by atoms with van der Waals surface area (Å²) in [5, 5.41) is 2.78. The summed E-state index contributed by atoms with van der Waals surface area (Å²) in [4.78, 5) is 19.4. The average Bonchev–Trinajstić information content (AvgIpc) is 3.32. The molecule has 12 heteroatoms. The molecule has 0 fully saturated rings. The maximum Gasteiger partial charge on any atom is 0.410 e. The molecule has 0 radical (unpaired) electrons. The third kappa shape index (κ3) is 11.5. The van der Waals surface area contributed by atoms with Crippen LogP contribution in [0.25, 0.3) is 0 Å². The number of carbonyl (C=O) groups is 1. The van der Waals surface area contributed by atoms with Gasteiger partial charge in [0.1, 0.15) is 28.5 Å². The fourth-order valence-electron chi connectivity index (χ4n) is 3.11. The number of nitrogens with zero attached hydrogens (tertiary/aromatic N) is 2. The van der Waals surface area contributed by atoms with Gasteiger partial charge in [-0.15, -0.1) is 22.6 Å². The maximum absolute atomic E-state index is 13.2. The van der Waals surface area contributed by atoms with Crippen LogP contribution in [0.5, 0.6) is 0 Å².